The van der Waals surface area contributed by atoms with E-state index in [2.05, 4.69) is 0 Å². The zero-order valence-corrected chi connectivity index (χ0v) is 17.0. The highest BCUT2D eigenvalue weighted by atomic mass is 19.1. The molecule has 0 atom stereocenters. The molecular weight excluding hydrogens is 397 g/mol. The van der Waals surface area contributed by atoms with Gasteiger partial charge in [-0.2, -0.15) is 0 Å². The van der Waals surface area contributed by atoms with Crippen LogP contribution >= 0.6 is 0 Å². The number of aryl methyl sites for hydroxylation is 1. The molecule has 1 aromatic heterocycles. The lowest BCUT2D eigenvalue weighted by Gasteiger charge is -2.13. The third-order valence-electron chi connectivity index (χ3n) is 5.10. The van der Waals surface area contributed by atoms with Crippen molar-refractivity contribution in [1.29, 1.82) is 0 Å². The lowest BCUT2D eigenvalue weighted by Crippen LogP contribution is -2.04. The molecule has 0 unspecified atom stereocenters. The molecule has 3 N–H and O–H groups in total. The molecule has 4 rings (SSSR count). The van der Waals surface area contributed by atoms with E-state index in [4.69, 9.17) is 20.0 Å². The Balaban J connectivity index is 1.73. The van der Waals surface area contributed by atoms with Crippen LogP contribution < -0.4 is 10.5 Å². The molecule has 0 aliphatic heterocycles. The second kappa shape index (κ2) is 8.62. The van der Waals surface area contributed by atoms with Crippen molar-refractivity contribution in [3.8, 4) is 16.9 Å². The number of ether oxygens (including phenoxy) is 1. The number of para-hydroxylation sites is 1. The molecule has 5 nitrogen and oxygen atoms in total. The van der Waals surface area contributed by atoms with Crippen LogP contribution in [0.5, 0.6) is 5.75 Å². The average molecular weight is 419 g/mol. The molecule has 3 aromatic carbocycles. The van der Waals surface area contributed by atoms with Crippen molar-refractivity contribution in [2.24, 2.45) is 5.73 Å². The van der Waals surface area contributed by atoms with Gasteiger partial charge in [0.05, 0.1) is 6.42 Å². The van der Waals surface area contributed by atoms with Gasteiger partial charge in [-0.15, -0.1) is 0 Å². The zero-order valence-electron chi connectivity index (χ0n) is 17.0. The highest BCUT2D eigenvalue weighted by Gasteiger charge is 2.17. The second-order valence-corrected chi connectivity index (χ2v) is 7.37. The number of carbonyl (C=O) groups is 1. The summed E-state index contributed by atoms with van der Waals surface area (Å²) in [7, 11) is 0. The highest BCUT2D eigenvalue weighted by molar-refractivity contribution is 5.94. The van der Waals surface area contributed by atoms with E-state index in [1.807, 2.05) is 25.1 Å². The van der Waals surface area contributed by atoms with Crippen molar-refractivity contribution in [1.82, 2.24) is 0 Å². The third-order valence-corrected chi connectivity index (χ3v) is 5.10. The third kappa shape index (κ3) is 4.29. The predicted molar refractivity (Wildman–Crippen MR) is 116 cm³/mol. The van der Waals surface area contributed by atoms with E-state index in [1.165, 1.54) is 0 Å². The van der Waals surface area contributed by atoms with E-state index < -0.39 is 5.97 Å². The monoisotopic (exact) mass is 419 g/mol. The lowest BCUT2D eigenvalue weighted by atomic mass is 9.98. The van der Waals surface area contributed by atoms with Crippen LogP contribution in [0.3, 0.4) is 0 Å². The standard InChI is InChI=1S/C25H22FNO4/c1-15-9-19-10-16(14-30-22-8-3-2-5-17(22)12-23(28)29)11-21(25(19)31-15)20-7-4-6-18(13-27)24(20)26/h2-11H,12-14,27H2,1H3,(H,28,29). The highest BCUT2D eigenvalue weighted by Crippen LogP contribution is 2.35. The molecule has 0 saturated carbocycles. The quantitative estimate of drug-likeness (QED) is 0.429. The van der Waals surface area contributed by atoms with Crippen molar-refractivity contribution in [2.45, 2.75) is 26.5 Å². The number of hydrogen-bond donors (Lipinski definition) is 2. The van der Waals surface area contributed by atoms with Gasteiger partial charge in [-0.1, -0.05) is 36.4 Å². The van der Waals surface area contributed by atoms with Gasteiger partial charge in [-0.05, 0) is 36.8 Å². The summed E-state index contributed by atoms with van der Waals surface area (Å²) in [5, 5.41) is 9.96. The van der Waals surface area contributed by atoms with Gasteiger partial charge in [0, 0.05) is 34.2 Å². The Hall–Kier alpha value is -3.64. The minimum atomic E-state index is -0.927. The minimum absolute atomic E-state index is 0.100. The van der Waals surface area contributed by atoms with Crippen molar-refractivity contribution >= 4 is 16.9 Å². The van der Waals surface area contributed by atoms with Crippen LogP contribution in [-0.4, -0.2) is 11.1 Å². The summed E-state index contributed by atoms with van der Waals surface area (Å²) in [5.74, 6) is -0.0724. The van der Waals surface area contributed by atoms with Crippen LogP contribution in [0.2, 0.25) is 0 Å². The fraction of sp³-hybridized carbons (Fsp3) is 0.160. The average Bonchev–Trinajstić information content (AvgIpc) is 3.12. The summed E-state index contributed by atoms with van der Waals surface area (Å²) in [4.78, 5) is 11.1. The summed E-state index contributed by atoms with van der Waals surface area (Å²) in [6.07, 6.45) is -0.127. The van der Waals surface area contributed by atoms with Crippen molar-refractivity contribution in [3.63, 3.8) is 0 Å². The van der Waals surface area contributed by atoms with Gasteiger partial charge in [0.25, 0.3) is 0 Å². The SMILES string of the molecule is Cc1cc2cc(COc3ccccc3CC(=O)O)cc(-c3cccc(CN)c3F)c2o1. The molecule has 0 amide bonds. The number of halogens is 1. The Morgan fingerprint density at radius 1 is 1.06 bits per heavy atom. The fourth-order valence-corrected chi connectivity index (χ4v) is 3.69. The Kier molecular flexibility index (Phi) is 5.73. The second-order valence-electron chi connectivity index (χ2n) is 7.37. The molecule has 31 heavy (non-hydrogen) atoms. The van der Waals surface area contributed by atoms with Gasteiger partial charge in [0.1, 0.15) is 29.5 Å². The molecule has 0 aliphatic carbocycles. The number of nitrogens with two attached hydrogens (primary N) is 1. The van der Waals surface area contributed by atoms with Crippen molar-refractivity contribution in [2.75, 3.05) is 0 Å². The molecular formula is C25H22FNO4. The molecule has 6 heteroatoms. The number of fused-ring (bicyclic) bond motifs is 1. The lowest BCUT2D eigenvalue weighted by molar-refractivity contribution is -0.136. The maximum atomic E-state index is 15.0. The van der Waals surface area contributed by atoms with E-state index in [1.54, 1.807) is 42.5 Å². The first-order valence-electron chi connectivity index (χ1n) is 9.89. The molecule has 0 spiro atoms. The number of aliphatic carboxylic acids is 1. The van der Waals surface area contributed by atoms with Crippen LogP contribution in [0.4, 0.5) is 4.39 Å². The zero-order chi connectivity index (χ0) is 22.0. The van der Waals surface area contributed by atoms with E-state index in [-0.39, 0.29) is 25.4 Å². The molecule has 158 valence electrons. The molecule has 0 radical (unpaired) electrons. The molecule has 0 aliphatic rings. The van der Waals surface area contributed by atoms with Crippen LogP contribution in [0, 0.1) is 12.7 Å². The van der Waals surface area contributed by atoms with Crippen LogP contribution in [0.25, 0.3) is 22.1 Å². The molecule has 4 aromatic rings. The number of carboxylic acids is 1. The summed E-state index contributed by atoms with van der Waals surface area (Å²) < 4.78 is 26.8. The van der Waals surface area contributed by atoms with E-state index in [9.17, 15) is 4.79 Å². The van der Waals surface area contributed by atoms with Gasteiger partial charge in [0.15, 0.2) is 0 Å². The molecule has 1 heterocycles. The van der Waals surface area contributed by atoms with Gasteiger partial charge in [-0.3, -0.25) is 4.79 Å². The Labute approximate surface area is 178 Å². The van der Waals surface area contributed by atoms with Crippen LogP contribution in [0.15, 0.2) is 65.1 Å². The summed E-state index contributed by atoms with van der Waals surface area (Å²) in [6.45, 7) is 2.14. The van der Waals surface area contributed by atoms with Gasteiger partial charge in [-0.25, -0.2) is 4.39 Å². The predicted octanol–water partition coefficient (Wildman–Crippen LogP) is 5.21. The summed E-state index contributed by atoms with van der Waals surface area (Å²) in [6, 6.07) is 17.8. The summed E-state index contributed by atoms with van der Waals surface area (Å²) >= 11 is 0. The summed E-state index contributed by atoms with van der Waals surface area (Å²) in [5.41, 5.74) is 9.15. The first-order valence-corrected chi connectivity index (χ1v) is 9.89. The maximum absolute atomic E-state index is 15.0. The Morgan fingerprint density at radius 2 is 1.84 bits per heavy atom. The van der Waals surface area contributed by atoms with Crippen molar-refractivity contribution < 1.29 is 23.4 Å². The number of furan rings is 1. The largest absolute Gasteiger partial charge is 0.489 e. The normalized spacial score (nSPS) is 11.1. The van der Waals surface area contributed by atoms with Crippen LogP contribution in [0.1, 0.15) is 22.5 Å². The van der Waals surface area contributed by atoms with Gasteiger partial charge in [0.2, 0.25) is 0 Å². The van der Waals surface area contributed by atoms with E-state index in [0.29, 0.717) is 33.6 Å². The van der Waals surface area contributed by atoms with E-state index in [0.717, 1.165) is 16.7 Å². The number of carboxylic acid groups (broad SMARTS) is 1. The van der Waals surface area contributed by atoms with E-state index >= 15 is 4.39 Å². The maximum Gasteiger partial charge on any atom is 0.307 e. The topological polar surface area (TPSA) is 85.7 Å². The Bertz CT molecular complexity index is 1260. The molecule has 0 bridgehead atoms. The molecule has 0 fully saturated rings. The first-order chi connectivity index (χ1) is 15.0. The number of hydrogen-bond acceptors (Lipinski definition) is 4. The number of benzene rings is 3. The fourth-order valence-electron chi connectivity index (χ4n) is 3.69. The van der Waals surface area contributed by atoms with Crippen molar-refractivity contribution in [3.05, 3.63) is 88.9 Å². The Morgan fingerprint density at radius 3 is 2.61 bits per heavy atom. The van der Waals surface area contributed by atoms with Gasteiger partial charge < -0.3 is 20.0 Å². The smallest absolute Gasteiger partial charge is 0.307 e. The number of rotatable bonds is 7. The van der Waals surface area contributed by atoms with Gasteiger partial charge >= 0.3 is 5.97 Å². The molecule has 0 saturated heterocycles. The first kappa shape index (κ1) is 20.6. The van der Waals surface area contributed by atoms with Crippen LogP contribution in [-0.2, 0) is 24.4 Å². The minimum Gasteiger partial charge on any atom is -0.489 e.